The zero-order valence-electron chi connectivity index (χ0n) is 23.7. The average molecular weight is 800 g/mol. The van der Waals surface area contributed by atoms with Gasteiger partial charge in [-0.2, -0.15) is 96.6 Å². The topological polar surface area (TPSA) is 52.6 Å². The number of alkyl halides is 24. The van der Waals surface area contributed by atoms with Gasteiger partial charge in [-0.05, 0) is 13.8 Å². The second-order valence-corrected chi connectivity index (χ2v) is 9.49. The lowest BCUT2D eigenvalue weighted by atomic mass is 9.97. The van der Waals surface area contributed by atoms with Gasteiger partial charge in [-0.25, -0.2) is 18.4 Å². The fourth-order valence-corrected chi connectivity index (χ4v) is 2.38. The molecule has 0 spiro atoms. The first-order chi connectivity index (χ1) is 21.4. The minimum absolute atomic E-state index is 0.601. The van der Waals surface area contributed by atoms with Crippen LogP contribution in [0.1, 0.15) is 26.7 Å². The molecular weight excluding hydrogens is 784 g/mol. The van der Waals surface area contributed by atoms with Gasteiger partial charge >= 0.3 is 72.0 Å². The fraction of sp³-hybridized carbons (Fsp3) is 0.727. The van der Waals surface area contributed by atoms with E-state index in [2.05, 4.69) is 22.6 Å². The normalized spacial score (nSPS) is 15.7. The van der Waals surface area contributed by atoms with Crippen LogP contribution in [0.2, 0.25) is 0 Å². The molecule has 0 amide bonds. The number of hydrogen-bond acceptors (Lipinski definition) is 4. The van der Waals surface area contributed by atoms with Gasteiger partial charge in [0.15, 0.2) is 12.3 Å². The van der Waals surface area contributed by atoms with Crippen molar-refractivity contribution >= 4 is 11.9 Å². The van der Waals surface area contributed by atoms with Crippen LogP contribution in [0.5, 0.6) is 0 Å². The Labute approximate surface area is 261 Å². The largest absolute Gasteiger partial charge is 0.473 e. The monoisotopic (exact) mass is 800 g/mol. The molecule has 0 saturated heterocycles. The highest BCUT2D eigenvalue weighted by atomic mass is 19.4. The highest BCUT2D eigenvalue weighted by Crippen LogP contribution is 2.57. The first-order valence-electron chi connectivity index (χ1n) is 11.6. The second-order valence-electron chi connectivity index (χ2n) is 9.49. The molecule has 2 unspecified atom stereocenters. The Morgan fingerprint density at radius 2 is 0.660 bits per heavy atom. The van der Waals surface area contributed by atoms with E-state index in [9.17, 15) is 115 Å². The van der Waals surface area contributed by atoms with Gasteiger partial charge in [-0.15, -0.1) is 0 Å². The van der Waals surface area contributed by atoms with E-state index in [0.29, 0.717) is 13.8 Å². The van der Waals surface area contributed by atoms with Crippen LogP contribution >= 0.6 is 0 Å². The number of carbonyl (C=O) groups excluding carboxylic acids is 2. The van der Waals surface area contributed by atoms with Crippen LogP contribution in [0.4, 0.5) is 105 Å². The fourth-order valence-electron chi connectivity index (χ4n) is 2.38. The molecule has 0 fully saturated rings. The minimum Gasteiger partial charge on any atom is -0.393 e. The molecule has 0 rings (SSSR count). The van der Waals surface area contributed by atoms with Gasteiger partial charge in [0.2, 0.25) is 0 Å². The van der Waals surface area contributed by atoms with Crippen LogP contribution in [-0.4, -0.2) is 84.4 Å². The van der Waals surface area contributed by atoms with Crippen molar-refractivity contribution in [2.24, 2.45) is 0 Å². The first-order valence-corrected chi connectivity index (χ1v) is 11.6. The van der Waals surface area contributed by atoms with E-state index >= 15 is 0 Å². The van der Waals surface area contributed by atoms with Crippen molar-refractivity contribution in [1.82, 2.24) is 0 Å². The summed E-state index contributed by atoms with van der Waals surface area (Å²) in [6, 6.07) is 0. The maximum atomic E-state index is 13.2. The molecule has 0 radical (unpaired) electrons. The zero-order chi connectivity index (χ0) is 41.3. The molecule has 296 valence electrons. The Morgan fingerprint density at radius 3 is 0.820 bits per heavy atom. The van der Waals surface area contributed by atoms with E-state index in [-0.39, 0.29) is 0 Å². The van der Waals surface area contributed by atoms with Crippen molar-refractivity contribution < 1.29 is 124 Å². The number of rotatable bonds is 14. The van der Waals surface area contributed by atoms with Gasteiger partial charge in [0.25, 0.3) is 0 Å². The zero-order valence-corrected chi connectivity index (χ0v) is 23.7. The maximum Gasteiger partial charge on any atom is 0.473 e. The van der Waals surface area contributed by atoms with Crippen molar-refractivity contribution in [3.05, 3.63) is 24.3 Å². The smallest absolute Gasteiger partial charge is 0.393 e. The Balaban J connectivity index is 0. The van der Waals surface area contributed by atoms with E-state index in [4.69, 9.17) is 0 Å². The van der Waals surface area contributed by atoms with Gasteiger partial charge < -0.3 is 9.47 Å². The summed E-state index contributed by atoms with van der Waals surface area (Å²) in [5.41, 5.74) is -2.04. The van der Waals surface area contributed by atoms with E-state index in [0.717, 1.165) is 0 Å². The quantitative estimate of drug-likeness (QED) is 0.0998. The summed E-state index contributed by atoms with van der Waals surface area (Å²) in [5.74, 6) is -47.8. The molecule has 0 saturated carbocycles. The van der Waals surface area contributed by atoms with Gasteiger partial charge in [0.05, 0.1) is 12.8 Å². The predicted molar refractivity (Wildman–Crippen MR) is 113 cm³/mol. The molecule has 0 N–H and O–H groups in total. The van der Waals surface area contributed by atoms with Crippen molar-refractivity contribution in [2.75, 3.05) is 0 Å². The Kier molecular flexibility index (Phi) is 14.4. The highest BCUT2D eigenvalue weighted by molar-refractivity contribution is 5.87. The molecular formula is C22H16F24O4. The van der Waals surface area contributed by atoms with E-state index in [1.54, 1.807) is 0 Å². The molecule has 0 heterocycles. The Hall–Kier alpha value is -3.26. The lowest BCUT2D eigenvalue weighted by Crippen LogP contribution is -2.65. The second kappa shape index (κ2) is 14.8. The summed E-state index contributed by atoms with van der Waals surface area (Å²) in [7, 11) is 0. The molecule has 0 aromatic rings. The molecule has 2 atom stereocenters. The lowest BCUT2D eigenvalue weighted by molar-refractivity contribution is -0.423. The van der Waals surface area contributed by atoms with Crippen LogP contribution < -0.4 is 0 Å². The summed E-state index contributed by atoms with van der Waals surface area (Å²) in [5, 5.41) is 0. The number of ether oxygens (including phenoxy) is 2. The number of hydrogen-bond donors (Lipinski definition) is 0. The van der Waals surface area contributed by atoms with Crippen LogP contribution in [0.15, 0.2) is 24.3 Å². The molecule has 0 aliphatic carbocycles. The van der Waals surface area contributed by atoms with E-state index in [1.165, 1.54) is 0 Å². The van der Waals surface area contributed by atoms with Gasteiger partial charge in [0.1, 0.15) is 0 Å². The number of halogens is 24. The van der Waals surface area contributed by atoms with Crippen LogP contribution in [0.3, 0.4) is 0 Å². The van der Waals surface area contributed by atoms with Gasteiger partial charge in [-0.1, -0.05) is 13.2 Å². The molecule has 4 nitrogen and oxygen atoms in total. The third-order valence-electron chi connectivity index (χ3n) is 5.10. The van der Waals surface area contributed by atoms with Crippen LogP contribution in [0, 0.1) is 0 Å². The van der Waals surface area contributed by atoms with Crippen LogP contribution in [-0.2, 0) is 19.1 Å². The van der Waals surface area contributed by atoms with Crippen LogP contribution in [0.25, 0.3) is 0 Å². The minimum atomic E-state index is -7.36. The van der Waals surface area contributed by atoms with E-state index < -0.39 is 108 Å². The predicted octanol–water partition coefficient (Wildman–Crippen LogP) is 9.79. The highest BCUT2D eigenvalue weighted by Gasteiger charge is 2.86. The Bertz CT molecular complexity index is 1140. The maximum absolute atomic E-state index is 13.2. The average Bonchev–Trinajstić information content (AvgIpc) is 2.85. The van der Waals surface area contributed by atoms with Gasteiger partial charge in [-0.3, -0.25) is 0 Å². The summed E-state index contributed by atoms with van der Waals surface area (Å²) >= 11 is 0. The van der Waals surface area contributed by atoms with Crippen molar-refractivity contribution in [3.63, 3.8) is 0 Å². The summed E-state index contributed by atoms with van der Waals surface area (Å²) in [4.78, 5) is 21.4. The summed E-state index contributed by atoms with van der Waals surface area (Å²) in [6.07, 6.45) is -41.5. The molecule has 28 heteroatoms. The molecule has 50 heavy (non-hydrogen) atoms. The summed E-state index contributed by atoms with van der Waals surface area (Å²) < 4.78 is 311. The SMILES string of the molecule is C=C(C)C(=O)OC(F)(F)C(F)(F)C(F)(F)C(F)(F)C(F)CC(F)(F)F.C=C(C)C(=O)OC(F)(F)C(F)(F)C(F)(F)C(F)(F)C(F)CC(F)(F)F. The van der Waals surface area contributed by atoms with E-state index in [1.807, 2.05) is 0 Å². The number of esters is 2. The molecule has 0 bridgehead atoms. The lowest BCUT2D eigenvalue weighted by Gasteiger charge is -2.37. The first kappa shape index (κ1) is 48.9. The molecule has 0 aromatic heterocycles. The Morgan fingerprint density at radius 1 is 0.460 bits per heavy atom. The standard InChI is InChI=1S/2C11H8F12O2/c2*1-4(2)6(24)25-11(22,23)10(20,21)9(18,19)8(16,17)5(12)3-7(13,14)15/h2*5H,1,3H2,2H3. The third-order valence-corrected chi connectivity index (χ3v) is 5.10. The summed E-state index contributed by atoms with van der Waals surface area (Å²) in [6.45, 7) is 6.46. The third kappa shape index (κ3) is 10.4. The van der Waals surface area contributed by atoms with Crippen molar-refractivity contribution in [3.8, 4) is 0 Å². The van der Waals surface area contributed by atoms with Gasteiger partial charge in [0, 0.05) is 11.1 Å². The molecule has 0 aliphatic heterocycles. The van der Waals surface area contributed by atoms with Crippen molar-refractivity contribution in [1.29, 1.82) is 0 Å². The molecule has 0 aromatic carbocycles. The van der Waals surface area contributed by atoms with Crippen molar-refractivity contribution in [2.45, 2.75) is 99.1 Å². The molecule has 0 aliphatic rings. The number of carbonyl (C=O) groups is 2.